The first kappa shape index (κ1) is 27.8. The lowest BCUT2D eigenvalue weighted by atomic mass is 9.83. The van der Waals surface area contributed by atoms with Crippen molar-refractivity contribution in [3.63, 3.8) is 0 Å². The molecule has 0 unspecified atom stereocenters. The maximum atomic E-state index is 13.9. The molecule has 1 N–H and O–H groups in total. The number of carboxylic acids is 1. The lowest BCUT2D eigenvalue weighted by molar-refractivity contribution is -0.143. The lowest BCUT2D eigenvalue weighted by Gasteiger charge is -2.29. The molecule has 0 saturated carbocycles. The fraction of sp³-hybridized carbons (Fsp3) is 0.406. The number of carbonyl (C=O) groups excluding carboxylic acids is 1. The van der Waals surface area contributed by atoms with Crippen LogP contribution in [0.25, 0.3) is 0 Å². The van der Waals surface area contributed by atoms with Crippen LogP contribution in [0.1, 0.15) is 43.2 Å². The van der Waals surface area contributed by atoms with Gasteiger partial charge < -0.3 is 29.0 Å². The van der Waals surface area contributed by atoms with E-state index >= 15 is 0 Å². The third-order valence-corrected chi connectivity index (χ3v) is 8.38. The Morgan fingerprint density at radius 1 is 1.02 bits per heavy atom. The van der Waals surface area contributed by atoms with E-state index < -0.39 is 11.9 Å². The van der Waals surface area contributed by atoms with Crippen molar-refractivity contribution < 1.29 is 33.6 Å². The molecular formula is C32H35N3O7. The highest BCUT2D eigenvalue weighted by molar-refractivity contribution is 5.94. The van der Waals surface area contributed by atoms with Crippen LogP contribution >= 0.6 is 0 Å². The molecule has 1 aromatic heterocycles. The van der Waals surface area contributed by atoms with E-state index in [2.05, 4.69) is 11.9 Å². The molecule has 10 nitrogen and oxygen atoms in total. The Labute approximate surface area is 244 Å². The third-order valence-electron chi connectivity index (χ3n) is 8.38. The Morgan fingerprint density at radius 3 is 2.67 bits per heavy atom. The normalized spacial score (nSPS) is 20.5. The van der Waals surface area contributed by atoms with Crippen molar-refractivity contribution in [2.24, 2.45) is 5.92 Å². The van der Waals surface area contributed by atoms with Gasteiger partial charge in [-0.3, -0.25) is 19.5 Å². The van der Waals surface area contributed by atoms with Gasteiger partial charge in [0.25, 0.3) is 0 Å². The number of aliphatic carboxylic acids is 1. The van der Waals surface area contributed by atoms with Gasteiger partial charge in [-0.2, -0.15) is 0 Å². The summed E-state index contributed by atoms with van der Waals surface area (Å²) in [5.41, 5.74) is 2.57. The van der Waals surface area contributed by atoms with Crippen molar-refractivity contribution in [2.75, 3.05) is 38.1 Å². The summed E-state index contributed by atoms with van der Waals surface area (Å²) in [6, 6.07) is 14.7. The average molecular weight is 574 g/mol. The lowest BCUT2D eigenvalue weighted by Crippen LogP contribution is -2.44. The minimum absolute atomic E-state index is 0.0748. The van der Waals surface area contributed by atoms with Crippen molar-refractivity contribution in [3.05, 3.63) is 72.1 Å². The van der Waals surface area contributed by atoms with Crippen molar-refractivity contribution in [1.29, 1.82) is 0 Å². The van der Waals surface area contributed by atoms with Crippen LogP contribution in [0.5, 0.6) is 23.0 Å². The van der Waals surface area contributed by atoms with Crippen LogP contribution in [-0.2, 0) is 16.0 Å². The van der Waals surface area contributed by atoms with Gasteiger partial charge in [0.15, 0.2) is 23.0 Å². The van der Waals surface area contributed by atoms with Crippen LogP contribution in [0.4, 0.5) is 5.69 Å². The van der Waals surface area contributed by atoms with Gasteiger partial charge in [0.05, 0.1) is 24.3 Å². The Hall–Kier alpha value is -4.31. The number of rotatable bonds is 11. The van der Waals surface area contributed by atoms with Crippen LogP contribution in [0.3, 0.4) is 0 Å². The van der Waals surface area contributed by atoms with E-state index in [0.717, 1.165) is 29.7 Å². The maximum absolute atomic E-state index is 13.9. The molecule has 0 spiro atoms. The summed E-state index contributed by atoms with van der Waals surface area (Å²) < 4.78 is 22.4. The molecule has 3 aliphatic heterocycles. The first-order chi connectivity index (χ1) is 20.5. The molecule has 42 heavy (non-hydrogen) atoms. The standard InChI is InChI=1S/C32H35N3O7/c1-2-3-14-35(23-7-5-13-33-16-23)29(36)18-34-17-24(22-10-12-26-28(15-22)41-19-39-26)30(32(37)38)25(34)11-9-21-6-4-8-27-31(21)42-20-40-27/h4-8,10,12-13,15-16,24-25,30H,2-3,9,11,14,17-20H2,1H3,(H,37,38)/t24-,25+,30-/m1/s1. The number of aromatic nitrogens is 1. The number of unbranched alkanes of at least 4 members (excludes halogenated alkanes) is 1. The highest BCUT2D eigenvalue weighted by Crippen LogP contribution is 2.44. The molecule has 0 aliphatic carbocycles. The summed E-state index contributed by atoms with van der Waals surface area (Å²) in [7, 11) is 0. The molecule has 1 amide bonds. The van der Waals surface area contributed by atoms with E-state index in [1.807, 2.05) is 53.4 Å². The molecule has 3 aliphatic rings. The third kappa shape index (κ3) is 5.59. The van der Waals surface area contributed by atoms with Gasteiger partial charge in [0, 0.05) is 31.2 Å². The second-order valence-electron chi connectivity index (χ2n) is 10.9. The predicted molar refractivity (Wildman–Crippen MR) is 154 cm³/mol. The SMILES string of the molecule is CCCCN(C(=O)CN1C[C@H](c2ccc3c(c2)OCO3)[C@@H](C(=O)O)[C@@H]1CCc1cccc2c1OCO2)c1cccnc1. The van der Waals surface area contributed by atoms with Crippen molar-refractivity contribution in [2.45, 2.75) is 44.6 Å². The summed E-state index contributed by atoms with van der Waals surface area (Å²) in [6.45, 7) is 3.49. The first-order valence-electron chi connectivity index (χ1n) is 14.5. The van der Waals surface area contributed by atoms with E-state index in [1.165, 1.54) is 0 Å². The fourth-order valence-electron chi connectivity index (χ4n) is 6.31. The number of carboxylic acid groups (broad SMARTS) is 1. The minimum atomic E-state index is -0.884. The van der Waals surface area contributed by atoms with Crippen molar-refractivity contribution >= 4 is 17.6 Å². The quantitative estimate of drug-likeness (QED) is 0.355. The summed E-state index contributed by atoms with van der Waals surface area (Å²) in [4.78, 5) is 34.9. The van der Waals surface area contributed by atoms with Gasteiger partial charge in [0.1, 0.15) is 0 Å². The number of ether oxygens (including phenoxy) is 4. The maximum Gasteiger partial charge on any atom is 0.308 e. The Bertz CT molecular complexity index is 1430. The molecular weight excluding hydrogens is 538 g/mol. The number of benzene rings is 2. The zero-order valence-corrected chi connectivity index (χ0v) is 23.6. The topological polar surface area (TPSA) is 111 Å². The van der Waals surface area contributed by atoms with Crippen molar-refractivity contribution in [1.82, 2.24) is 9.88 Å². The number of nitrogens with zero attached hydrogens (tertiary/aromatic N) is 3. The van der Waals surface area contributed by atoms with Crippen LogP contribution in [0, 0.1) is 5.92 Å². The monoisotopic (exact) mass is 573 g/mol. The summed E-state index contributed by atoms with van der Waals surface area (Å²) >= 11 is 0. The molecule has 6 rings (SSSR count). The zero-order valence-electron chi connectivity index (χ0n) is 23.6. The Balaban J connectivity index is 1.30. The molecule has 2 aromatic carbocycles. The van der Waals surface area contributed by atoms with Gasteiger partial charge in [-0.1, -0.05) is 31.5 Å². The number of amides is 1. The molecule has 4 heterocycles. The summed E-state index contributed by atoms with van der Waals surface area (Å²) in [5, 5.41) is 10.6. The van der Waals surface area contributed by atoms with E-state index in [-0.39, 0.29) is 38.0 Å². The van der Waals surface area contributed by atoms with Gasteiger partial charge >= 0.3 is 5.97 Å². The number of aryl methyl sites for hydroxylation is 1. The molecule has 0 bridgehead atoms. The molecule has 220 valence electrons. The van der Waals surface area contributed by atoms with E-state index in [1.54, 1.807) is 17.3 Å². The Kier molecular flexibility index (Phi) is 8.14. The van der Waals surface area contributed by atoms with E-state index in [9.17, 15) is 14.7 Å². The van der Waals surface area contributed by atoms with E-state index in [0.29, 0.717) is 48.9 Å². The highest BCUT2D eigenvalue weighted by atomic mass is 16.7. The van der Waals surface area contributed by atoms with Crippen molar-refractivity contribution in [3.8, 4) is 23.0 Å². The number of hydrogen-bond acceptors (Lipinski definition) is 8. The smallest absolute Gasteiger partial charge is 0.308 e. The zero-order chi connectivity index (χ0) is 29.1. The number of para-hydroxylation sites is 1. The number of carbonyl (C=O) groups is 2. The molecule has 3 atom stereocenters. The second-order valence-corrected chi connectivity index (χ2v) is 10.9. The fourth-order valence-corrected chi connectivity index (χ4v) is 6.31. The summed E-state index contributed by atoms with van der Waals surface area (Å²) in [5.74, 6) is 0.645. The number of anilines is 1. The highest BCUT2D eigenvalue weighted by Gasteiger charge is 2.47. The van der Waals surface area contributed by atoms with Crippen LogP contribution in [0.2, 0.25) is 0 Å². The number of likely N-dealkylation sites (tertiary alicyclic amines) is 1. The molecule has 1 saturated heterocycles. The van der Waals surface area contributed by atoms with E-state index in [4.69, 9.17) is 18.9 Å². The molecule has 3 aromatic rings. The number of hydrogen-bond donors (Lipinski definition) is 1. The number of fused-ring (bicyclic) bond motifs is 2. The number of pyridine rings is 1. The van der Waals surface area contributed by atoms with Gasteiger partial charge in [-0.05, 0) is 60.7 Å². The molecule has 0 radical (unpaired) electrons. The van der Waals surface area contributed by atoms with Gasteiger partial charge in [-0.25, -0.2) is 0 Å². The van der Waals surface area contributed by atoms with Crippen LogP contribution in [-0.4, -0.2) is 66.1 Å². The van der Waals surface area contributed by atoms with Crippen LogP contribution in [0.15, 0.2) is 60.9 Å². The van der Waals surface area contributed by atoms with Gasteiger partial charge in [0.2, 0.25) is 19.5 Å². The second kappa shape index (κ2) is 12.3. The largest absolute Gasteiger partial charge is 0.481 e. The molecule has 1 fully saturated rings. The summed E-state index contributed by atoms with van der Waals surface area (Å²) in [6.07, 6.45) is 6.29. The molecule has 10 heteroatoms. The Morgan fingerprint density at radius 2 is 1.86 bits per heavy atom. The average Bonchev–Trinajstić information content (AvgIpc) is 3.75. The minimum Gasteiger partial charge on any atom is -0.481 e. The predicted octanol–water partition coefficient (Wildman–Crippen LogP) is 4.47. The van der Waals surface area contributed by atoms with Gasteiger partial charge in [-0.15, -0.1) is 0 Å². The van der Waals surface area contributed by atoms with Crippen LogP contribution < -0.4 is 23.8 Å². The first-order valence-corrected chi connectivity index (χ1v) is 14.5.